The Morgan fingerprint density at radius 1 is 0.966 bits per heavy atom. The first-order valence-corrected chi connectivity index (χ1v) is 10.4. The fourth-order valence-electron chi connectivity index (χ4n) is 3.10. The smallest absolute Gasteiger partial charge is 0.344 e. The van der Waals surface area contributed by atoms with E-state index >= 15 is 0 Å². The summed E-state index contributed by atoms with van der Waals surface area (Å²) >= 11 is 18.0. The van der Waals surface area contributed by atoms with Crippen molar-refractivity contribution >= 4 is 52.4 Å². The summed E-state index contributed by atoms with van der Waals surface area (Å²) in [5.41, 5.74) is 0.665. The zero-order valence-corrected chi connectivity index (χ0v) is 17.8. The van der Waals surface area contributed by atoms with Gasteiger partial charge in [0.25, 0.3) is 5.91 Å². The van der Waals surface area contributed by atoms with E-state index in [2.05, 4.69) is 5.32 Å². The molecule has 0 bridgehead atoms. The Morgan fingerprint density at radius 3 is 2.21 bits per heavy atom. The highest BCUT2D eigenvalue weighted by atomic mass is 35.5. The lowest BCUT2D eigenvalue weighted by atomic mass is 9.98. The molecule has 1 N–H and O–H groups in total. The predicted octanol–water partition coefficient (Wildman–Crippen LogP) is 6.15. The number of rotatable bonds is 6. The number of benzene rings is 2. The molecule has 0 aromatic heterocycles. The summed E-state index contributed by atoms with van der Waals surface area (Å²) in [6, 6.07) is 9.35. The van der Waals surface area contributed by atoms with Gasteiger partial charge in [0.05, 0.1) is 15.7 Å². The number of nitrogens with one attached hydrogen (secondary N) is 1. The SMILES string of the molecule is O=C(COc1ccc(C(=O)Nc2c(Cl)cc(Cl)cc2Cl)cc1)OC1CCCCC1. The first-order chi connectivity index (χ1) is 13.9. The van der Waals surface area contributed by atoms with Gasteiger partial charge in [0, 0.05) is 10.6 Å². The zero-order chi connectivity index (χ0) is 20.8. The van der Waals surface area contributed by atoms with Crippen molar-refractivity contribution < 1.29 is 19.1 Å². The Balaban J connectivity index is 1.53. The maximum absolute atomic E-state index is 12.4. The van der Waals surface area contributed by atoms with Crippen LogP contribution in [-0.4, -0.2) is 24.6 Å². The number of hydrogen-bond donors (Lipinski definition) is 1. The first-order valence-electron chi connectivity index (χ1n) is 9.30. The molecule has 154 valence electrons. The highest BCUT2D eigenvalue weighted by Gasteiger charge is 2.18. The van der Waals surface area contributed by atoms with Gasteiger partial charge >= 0.3 is 5.97 Å². The molecule has 29 heavy (non-hydrogen) atoms. The molecule has 1 aliphatic rings. The van der Waals surface area contributed by atoms with E-state index in [4.69, 9.17) is 44.3 Å². The van der Waals surface area contributed by atoms with Crippen molar-refractivity contribution in [3.63, 3.8) is 0 Å². The molecule has 0 heterocycles. The molecule has 0 unspecified atom stereocenters. The van der Waals surface area contributed by atoms with E-state index in [1.165, 1.54) is 18.6 Å². The maximum Gasteiger partial charge on any atom is 0.344 e. The molecular formula is C21H20Cl3NO4. The van der Waals surface area contributed by atoms with E-state index in [-0.39, 0.29) is 40.3 Å². The van der Waals surface area contributed by atoms with Crippen molar-refractivity contribution in [1.29, 1.82) is 0 Å². The first kappa shape index (κ1) is 21.8. The summed E-state index contributed by atoms with van der Waals surface area (Å²) in [5, 5.41) is 3.52. The summed E-state index contributed by atoms with van der Waals surface area (Å²) in [6.45, 7) is -0.169. The molecule has 1 saturated carbocycles. The zero-order valence-electron chi connectivity index (χ0n) is 15.6. The molecule has 0 saturated heterocycles. The Kier molecular flexibility index (Phi) is 7.64. The number of anilines is 1. The van der Waals surface area contributed by atoms with Crippen LogP contribution in [0.25, 0.3) is 0 Å². The van der Waals surface area contributed by atoms with Crippen molar-refractivity contribution in [3.8, 4) is 5.75 Å². The largest absolute Gasteiger partial charge is 0.482 e. The topological polar surface area (TPSA) is 64.6 Å². The number of ether oxygens (including phenoxy) is 2. The van der Waals surface area contributed by atoms with Gasteiger partial charge in [-0.05, 0) is 62.1 Å². The Hall–Kier alpha value is -1.95. The maximum atomic E-state index is 12.4. The van der Waals surface area contributed by atoms with Crippen LogP contribution < -0.4 is 10.1 Å². The summed E-state index contributed by atoms with van der Waals surface area (Å²) < 4.78 is 10.9. The Labute approximate surface area is 184 Å². The lowest BCUT2D eigenvalue weighted by molar-refractivity contribution is -0.152. The highest BCUT2D eigenvalue weighted by Crippen LogP contribution is 2.34. The van der Waals surface area contributed by atoms with Crippen molar-refractivity contribution in [2.45, 2.75) is 38.2 Å². The van der Waals surface area contributed by atoms with Crippen LogP contribution in [0.3, 0.4) is 0 Å². The lowest BCUT2D eigenvalue weighted by Crippen LogP contribution is -2.24. The molecule has 5 nitrogen and oxygen atoms in total. The van der Waals surface area contributed by atoms with Crippen molar-refractivity contribution in [3.05, 3.63) is 57.0 Å². The van der Waals surface area contributed by atoms with Gasteiger partial charge in [0.15, 0.2) is 6.61 Å². The number of carbonyl (C=O) groups excluding carboxylic acids is 2. The average Bonchev–Trinajstić information content (AvgIpc) is 2.70. The standard InChI is InChI=1S/C21H20Cl3NO4/c22-14-10-17(23)20(18(24)11-14)25-21(27)13-6-8-15(9-7-13)28-12-19(26)29-16-4-2-1-3-5-16/h6-11,16H,1-5,12H2,(H,25,27). The fraction of sp³-hybridized carbons (Fsp3) is 0.333. The minimum Gasteiger partial charge on any atom is -0.482 e. The summed E-state index contributed by atoms with van der Waals surface area (Å²) in [5.74, 6) is -0.310. The minimum absolute atomic E-state index is 0.00237. The molecule has 3 rings (SSSR count). The molecule has 1 amide bonds. The normalized spacial score (nSPS) is 14.3. The Morgan fingerprint density at radius 2 is 1.59 bits per heavy atom. The third-order valence-electron chi connectivity index (χ3n) is 4.57. The average molecular weight is 457 g/mol. The summed E-state index contributed by atoms with van der Waals surface area (Å²) in [7, 11) is 0. The molecule has 1 aliphatic carbocycles. The van der Waals surface area contributed by atoms with Gasteiger partial charge in [-0.3, -0.25) is 4.79 Å². The van der Waals surface area contributed by atoms with E-state index in [0.717, 1.165) is 25.7 Å². The van der Waals surface area contributed by atoms with E-state index in [1.807, 2.05) is 0 Å². The van der Waals surface area contributed by atoms with Crippen LogP contribution in [0.4, 0.5) is 5.69 Å². The van der Waals surface area contributed by atoms with Crippen LogP contribution in [0, 0.1) is 0 Å². The van der Waals surface area contributed by atoms with Gasteiger partial charge in [-0.1, -0.05) is 41.2 Å². The van der Waals surface area contributed by atoms with Crippen LogP contribution in [0.2, 0.25) is 15.1 Å². The number of carbonyl (C=O) groups is 2. The van der Waals surface area contributed by atoms with E-state index < -0.39 is 0 Å². The molecular weight excluding hydrogens is 437 g/mol. The van der Waals surface area contributed by atoms with E-state index in [9.17, 15) is 9.59 Å². The highest BCUT2D eigenvalue weighted by molar-refractivity contribution is 6.42. The molecule has 2 aromatic carbocycles. The fourth-order valence-corrected chi connectivity index (χ4v) is 4.01. The number of amides is 1. The van der Waals surface area contributed by atoms with Crippen molar-refractivity contribution in [1.82, 2.24) is 0 Å². The van der Waals surface area contributed by atoms with Gasteiger partial charge in [-0.2, -0.15) is 0 Å². The number of halogens is 3. The van der Waals surface area contributed by atoms with Crippen molar-refractivity contribution in [2.24, 2.45) is 0 Å². The summed E-state index contributed by atoms with van der Waals surface area (Å²) in [4.78, 5) is 24.3. The summed E-state index contributed by atoms with van der Waals surface area (Å²) in [6.07, 6.45) is 5.20. The quantitative estimate of drug-likeness (QED) is 0.529. The second kappa shape index (κ2) is 10.2. The van der Waals surface area contributed by atoms with Crippen LogP contribution in [0.1, 0.15) is 42.5 Å². The van der Waals surface area contributed by atoms with E-state index in [0.29, 0.717) is 16.3 Å². The monoisotopic (exact) mass is 455 g/mol. The van der Waals surface area contributed by atoms with Crippen LogP contribution in [0.5, 0.6) is 5.75 Å². The lowest BCUT2D eigenvalue weighted by Gasteiger charge is -2.21. The second-order valence-corrected chi connectivity index (χ2v) is 8.01. The van der Waals surface area contributed by atoms with Crippen LogP contribution in [-0.2, 0) is 9.53 Å². The second-order valence-electron chi connectivity index (χ2n) is 6.76. The van der Waals surface area contributed by atoms with Crippen LogP contribution >= 0.6 is 34.8 Å². The van der Waals surface area contributed by atoms with Gasteiger partial charge in [-0.15, -0.1) is 0 Å². The van der Waals surface area contributed by atoms with Crippen molar-refractivity contribution in [2.75, 3.05) is 11.9 Å². The van der Waals surface area contributed by atoms with Crippen LogP contribution in [0.15, 0.2) is 36.4 Å². The Bertz CT molecular complexity index is 857. The molecule has 0 atom stereocenters. The molecule has 0 spiro atoms. The molecule has 1 fully saturated rings. The third-order valence-corrected chi connectivity index (χ3v) is 5.38. The predicted molar refractivity (Wildman–Crippen MR) is 114 cm³/mol. The number of hydrogen-bond acceptors (Lipinski definition) is 4. The van der Waals surface area contributed by atoms with Gasteiger partial charge in [0.1, 0.15) is 11.9 Å². The molecule has 0 aliphatic heterocycles. The van der Waals surface area contributed by atoms with E-state index in [1.54, 1.807) is 24.3 Å². The van der Waals surface area contributed by atoms with Gasteiger partial charge in [-0.25, -0.2) is 4.79 Å². The van der Waals surface area contributed by atoms with Gasteiger partial charge in [0.2, 0.25) is 0 Å². The minimum atomic E-state index is -0.389. The molecule has 2 aromatic rings. The molecule has 0 radical (unpaired) electrons. The third kappa shape index (κ3) is 6.26. The molecule has 8 heteroatoms. The van der Waals surface area contributed by atoms with Gasteiger partial charge < -0.3 is 14.8 Å². The number of esters is 1.